The van der Waals surface area contributed by atoms with E-state index in [0.29, 0.717) is 8.95 Å². The first kappa shape index (κ1) is 12.7. The van der Waals surface area contributed by atoms with Crippen molar-refractivity contribution in [2.24, 2.45) is 0 Å². The highest BCUT2D eigenvalue weighted by molar-refractivity contribution is 9.11. The van der Waals surface area contributed by atoms with E-state index in [0.717, 1.165) is 5.56 Å². The molecule has 2 aromatic carbocycles. The van der Waals surface area contributed by atoms with Gasteiger partial charge in [-0.2, -0.15) is 0 Å². The van der Waals surface area contributed by atoms with Crippen LogP contribution in [0.3, 0.4) is 0 Å². The number of halogens is 2. The summed E-state index contributed by atoms with van der Waals surface area (Å²) in [5.74, 6) is 0.235. The van der Waals surface area contributed by atoms with Crippen molar-refractivity contribution in [2.75, 3.05) is 0 Å². The highest BCUT2D eigenvalue weighted by atomic mass is 79.9. The molecule has 3 heteroatoms. The second-order valence-electron chi connectivity index (χ2n) is 4.11. The van der Waals surface area contributed by atoms with Gasteiger partial charge < -0.3 is 5.11 Å². The van der Waals surface area contributed by atoms with Crippen LogP contribution in [0.15, 0.2) is 39.3 Å². The molecule has 17 heavy (non-hydrogen) atoms. The Morgan fingerprint density at radius 2 is 1.53 bits per heavy atom. The Morgan fingerprint density at radius 3 is 2.12 bits per heavy atom. The highest BCUT2D eigenvalue weighted by Crippen LogP contribution is 2.37. The van der Waals surface area contributed by atoms with Crippen LogP contribution in [-0.2, 0) is 0 Å². The lowest BCUT2D eigenvalue weighted by molar-refractivity contribution is 0.468. The van der Waals surface area contributed by atoms with E-state index in [1.165, 1.54) is 16.7 Å². The Hall–Kier alpha value is -0.800. The van der Waals surface area contributed by atoms with Gasteiger partial charge in [0, 0.05) is 0 Å². The molecule has 0 aliphatic carbocycles. The third kappa shape index (κ3) is 2.55. The summed E-state index contributed by atoms with van der Waals surface area (Å²) in [6.07, 6.45) is 0. The van der Waals surface area contributed by atoms with Crippen molar-refractivity contribution < 1.29 is 5.11 Å². The topological polar surface area (TPSA) is 20.2 Å². The van der Waals surface area contributed by atoms with Crippen molar-refractivity contribution in [2.45, 2.75) is 13.8 Å². The van der Waals surface area contributed by atoms with Crippen LogP contribution in [0.5, 0.6) is 5.75 Å². The molecule has 0 amide bonds. The van der Waals surface area contributed by atoms with Crippen molar-refractivity contribution in [3.63, 3.8) is 0 Å². The van der Waals surface area contributed by atoms with E-state index < -0.39 is 0 Å². The van der Waals surface area contributed by atoms with Crippen LogP contribution in [-0.4, -0.2) is 5.11 Å². The second kappa shape index (κ2) is 4.83. The summed E-state index contributed by atoms with van der Waals surface area (Å²) in [6.45, 7) is 4.16. The molecule has 0 aliphatic heterocycles. The van der Waals surface area contributed by atoms with E-state index >= 15 is 0 Å². The van der Waals surface area contributed by atoms with E-state index in [2.05, 4.69) is 63.9 Å². The Labute approximate surface area is 118 Å². The lowest BCUT2D eigenvalue weighted by Crippen LogP contribution is -1.86. The van der Waals surface area contributed by atoms with Crippen molar-refractivity contribution in [1.29, 1.82) is 0 Å². The molecule has 88 valence electrons. The summed E-state index contributed by atoms with van der Waals surface area (Å²) in [4.78, 5) is 0. The molecule has 0 heterocycles. The van der Waals surface area contributed by atoms with Gasteiger partial charge in [-0.25, -0.2) is 0 Å². The zero-order valence-electron chi connectivity index (χ0n) is 9.59. The maximum absolute atomic E-state index is 9.71. The zero-order valence-corrected chi connectivity index (χ0v) is 12.8. The normalized spacial score (nSPS) is 10.6. The molecule has 2 rings (SSSR count). The number of aryl methyl sites for hydroxylation is 2. The molecule has 0 unspecified atom stereocenters. The Bertz CT molecular complexity index is 553. The van der Waals surface area contributed by atoms with Crippen LogP contribution in [0.1, 0.15) is 11.1 Å². The number of rotatable bonds is 1. The smallest absolute Gasteiger partial charge is 0.143 e. The van der Waals surface area contributed by atoms with Gasteiger partial charge in [0.2, 0.25) is 0 Å². The van der Waals surface area contributed by atoms with Crippen molar-refractivity contribution >= 4 is 31.9 Å². The molecule has 0 bridgehead atoms. The summed E-state index contributed by atoms with van der Waals surface area (Å²) >= 11 is 6.71. The van der Waals surface area contributed by atoms with Gasteiger partial charge in [0.1, 0.15) is 5.75 Å². The van der Waals surface area contributed by atoms with Gasteiger partial charge in [0.05, 0.1) is 8.95 Å². The molecule has 0 aliphatic rings. The number of hydrogen-bond acceptors (Lipinski definition) is 1. The molecule has 0 radical (unpaired) electrons. The van der Waals surface area contributed by atoms with Crippen molar-refractivity contribution in [3.8, 4) is 16.9 Å². The van der Waals surface area contributed by atoms with E-state index in [4.69, 9.17) is 0 Å². The number of benzene rings is 2. The van der Waals surface area contributed by atoms with Crippen LogP contribution in [0.2, 0.25) is 0 Å². The zero-order chi connectivity index (χ0) is 12.6. The molecule has 0 aromatic heterocycles. The molecule has 0 atom stereocenters. The number of hydrogen-bond donors (Lipinski definition) is 1. The molecule has 0 saturated carbocycles. The highest BCUT2D eigenvalue weighted by Gasteiger charge is 2.09. The summed E-state index contributed by atoms with van der Waals surface area (Å²) in [6, 6.07) is 10.2. The Kier molecular flexibility index (Phi) is 3.59. The second-order valence-corrected chi connectivity index (χ2v) is 5.82. The van der Waals surface area contributed by atoms with Crippen LogP contribution in [0, 0.1) is 13.8 Å². The van der Waals surface area contributed by atoms with Gasteiger partial charge in [-0.3, -0.25) is 0 Å². The third-order valence-corrected chi connectivity index (χ3v) is 3.93. The first-order valence-corrected chi connectivity index (χ1v) is 6.83. The standard InChI is InChI=1S/C14H12Br2O/c1-8-3-4-9(2)11(5-8)10-6-12(15)14(17)13(16)7-10/h3-7,17H,1-2H3. The molecular weight excluding hydrogens is 344 g/mol. The van der Waals surface area contributed by atoms with Gasteiger partial charge in [-0.1, -0.05) is 23.8 Å². The van der Waals surface area contributed by atoms with Gasteiger partial charge in [-0.15, -0.1) is 0 Å². The summed E-state index contributed by atoms with van der Waals surface area (Å²) in [5.41, 5.74) is 4.72. The average molecular weight is 356 g/mol. The lowest BCUT2D eigenvalue weighted by Gasteiger charge is -2.10. The Morgan fingerprint density at radius 1 is 0.941 bits per heavy atom. The average Bonchev–Trinajstić information content (AvgIpc) is 2.28. The summed E-state index contributed by atoms with van der Waals surface area (Å²) in [7, 11) is 0. The SMILES string of the molecule is Cc1ccc(C)c(-c2cc(Br)c(O)c(Br)c2)c1. The maximum atomic E-state index is 9.71. The van der Waals surface area contributed by atoms with Crippen LogP contribution >= 0.6 is 31.9 Å². The largest absolute Gasteiger partial charge is 0.506 e. The van der Waals surface area contributed by atoms with Crippen LogP contribution in [0.4, 0.5) is 0 Å². The number of phenolic OH excluding ortho intramolecular Hbond substituents is 1. The fourth-order valence-corrected chi connectivity index (χ4v) is 2.95. The van der Waals surface area contributed by atoms with Crippen LogP contribution in [0.25, 0.3) is 11.1 Å². The van der Waals surface area contributed by atoms with Gasteiger partial charge >= 0.3 is 0 Å². The fourth-order valence-electron chi connectivity index (χ4n) is 1.77. The van der Waals surface area contributed by atoms with Crippen molar-refractivity contribution in [3.05, 3.63) is 50.4 Å². The fraction of sp³-hybridized carbons (Fsp3) is 0.143. The first-order valence-electron chi connectivity index (χ1n) is 5.24. The molecule has 1 N–H and O–H groups in total. The predicted octanol–water partition coefficient (Wildman–Crippen LogP) is 5.20. The number of aromatic hydroxyl groups is 1. The van der Waals surface area contributed by atoms with Gasteiger partial charge in [-0.05, 0) is 74.5 Å². The minimum absolute atomic E-state index is 0.235. The quantitative estimate of drug-likeness (QED) is 0.745. The molecule has 0 fully saturated rings. The monoisotopic (exact) mass is 354 g/mol. The summed E-state index contributed by atoms with van der Waals surface area (Å²) < 4.78 is 1.39. The molecule has 0 spiro atoms. The van der Waals surface area contributed by atoms with E-state index in [1.807, 2.05) is 12.1 Å². The van der Waals surface area contributed by atoms with E-state index in [1.54, 1.807) is 0 Å². The van der Waals surface area contributed by atoms with Gasteiger partial charge in [0.25, 0.3) is 0 Å². The lowest BCUT2D eigenvalue weighted by atomic mass is 9.98. The van der Waals surface area contributed by atoms with Crippen LogP contribution < -0.4 is 0 Å². The minimum atomic E-state index is 0.235. The number of phenols is 1. The van der Waals surface area contributed by atoms with Gasteiger partial charge in [0.15, 0.2) is 0 Å². The third-order valence-electron chi connectivity index (χ3n) is 2.72. The minimum Gasteiger partial charge on any atom is -0.506 e. The molecule has 2 aromatic rings. The Balaban J connectivity index is 2.64. The predicted molar refractivity (Wildman–Crippen MR) is 78.4 cm³/mol. The maximum Gasteiger partial charge on any atom is 0.143 e. The van der Waals surface area contributed by atoms with Crippen molar-refractivity contribution in [1.82, 2.24) is 0 Å². The molecule has 0 saturated heterocycles. The summed E-state index contributed by atoms with van der Waals surface area (Å²) in [5, 5.41) is 9.71. The van der Waals surface area contributed by atoms with E-state index in [9.17, 15) is 5.11 Å². The molecular formula is C14H12Br2O. The van der Waals surface area contributed by atoms with E-state index in [-0.39, 0.29) is 5.75 Å². The molecule has 1 nitrogen and oxygen atoms in total. The first-order chi connectivity index (χ1) is 7.99.